The van der Waals surface area contributed by atoms with Gasteiger partial charge < -0.3 is 10.1 Å². The van der Waals surface area contributed by atoms with Gasteiger partial charge in [-0.1, -0.05) is 41.4 Å². The Bertz CT molecular complexity index is 948. The standard InChI is InChI=1S/C19H14Cl2FNO3/c1-2-26-17(24)15-14(10-4-3-5-12(21)16(10)22)19(15)11-7-6-9(20)8-13(11)23-18(19)25/h3-8,14-15H,2H2,1H3,(H,23,25)/t14-,15+,19-/m0/s1. The summed E-state index contributed by atoms with van der Waals surface area (Å²) in [6, 6.07) is 9.55. The van der Waals surface area contributed by atoms with E-state index in [0.717, 1.165) is 0 Å². The highest BCUT2D eigenvalue weighted by Crippen LogP contribution is 2.70. The van der Waals surface area contributed by atoms with Crippen LogP contribution in [0.25, 0.3) is 0 Å². The third-order valence-corrected chi connectivity index (χ3v) is 5.64. The molecule has 26 heavy (non-hydrogen) atoms. The maximum atomic E-state index is 14.7. The van der Waals surface area contributed by atoms with Gasteiger partial charge in [-0.05, 0) is 36.2 Å². The number of fused-ring (bicyclic) bond motifs is 2. The lowest BCUT2D eigenvalue weighted by Crippen LogP contribution is -2.25. The third-order valence-electron chi connectivity index (χ3n) is 5.11. The van der Waals surface area contributed by atoms with Crippen molar-refractivity contribution in [2.75, 3.05) is 11.9 Å². The molecular formula is C19H14Cl2FNO3. The molecule has 2 aromatic carbocycles. The van der Waals surface area contributed by atoms with E-state index in [1.165, 1.54) is 6.07 Å². The van der Waals surface area contributed by atoms with Gasteiger partial charge in [0.15, 0.2) is 0 Å². The van der Waals surface area contributed by atoms with Gasteiger partial charge in [-0.15, -0.1) is 0 Å². The van der Waals surface area contributed by atoms with Gasteiger partial charge >= 0.3 is 5.97 Å². The summed E-state index contributed by atoms with van der Waals surface area (Å²) in [4.78, 5) is 25.5. The summed E-state index contributed by atoms with van der Waals surface area (Å²) < 4.78 is 19.8. The minimum Gasteiger partial charge on any atom is -0.466 e. The second-order valence-electron chi connectivity index (χ2n) is 6.36. The second-order valence-corrected chi connectivity index (χ2v) is 7.21. The van der Waals surface area contributed by atoms with E-state index in [4.69, 9.17) is 27.9 Å². The number of hydrogen-bond donors (Lipinski definition) is 1. The first kappa shape index (κ1) is 17.3. The molecule has 1 N–H and O–H groups in total. The Balaban J connectivity index is 1.90. The average Bonchev–Trinajstić information content (AvgIpc) is 3.20. The van der Waals surface area contributed by atoms with Crippen molar-refractivity contribution < 1.29 is 18.7 Å². The molecule has 0 saturated heterocycles. The number of halogens is 3. The van der Waals surface area contributed by atoms with Gasteiger partial charge in [-0.25, -0.2) is 4.39 Å². The number of nitrogens with one attached hydrogen (secondary N) is 1. The van der Waals surface area contributed by atoms with Crippen LogP contribution in [-0.2, 0) is 19.7 Å². The van der Waals surface area contributed by atoms with Gasteiger partial charge in [0.05, 0.1) is 23.0 Å². The molecule has 0 radical (unpaired) electrons. The molecule has 1 spiro atoms. The molecule has 2 aromatic rings. The Morgan fingerprint density at radius 3 is 2.81 bits per heavy atom. The normalized spacial score (nSPS) is 25.8. The fourth-order valence-electron chi connectivity index (χ4n) is 4.07. The summed E-state index contributed by atoms with van der Waals surface area (Å²) in [6.45, 7) is 1.86. The topological polar surface area (TPSA) is 55.4 Å². The minimum atomic E-state index is -1.21. The molecule has 4 nitrogen and oxygen atoms in total. The average molecular weight is 394 g/mol. The van der Waals surface area contributed by atoms with Gasteiger partial charge in [-0.2, -0.15) is 0 Å². The molecule has 0 bridgehead atoms. The number of ether oxygens (including phenoxy) is 1. The quantitative estimate of drug-likeness (QED) is 0.790. The fourth-order valence-corrected chi connectivity index (χ4v) is 4.43. The van der Waals surface area contributed by atoms with Crippen LogP contribution in [0.2, 0.25) is 10.0 Å². The lowest BCUT2D eigenvalue weighted by atomic mass is 9.91. The smallest absolute Gasteiger partial charge is 0.311 e. The summed E-state index contributed by atoms with van der Waals surface area (Å²) in [5.74, 6) is -3.03. The van der Waals surface area contributed by atoms with Crippen molar-refractivity contribution in [3.63, 3.8) is 0 Å². The molecule has 1 aliphatic carbocycles. The molecule has 0 unspecified atom stereocenters. The lowest BCUT2D eigenvalue weighted by Gasteiger charge is -2.10. The second kappa shape index (κ2) is 5.96. The molecule has 3 atom stereocenters. The molecular weight excluding hydrogens is 380 g/mol. The Hall–Kier alpha value is -2.11. The highest BCUT2D eigenvalue weighted by molar-refractivity contribution is 6.31. The molecule has 1 heterocycles. The molecule has 2 aliphatic rings. The monoisotopic (exact) mass is 393 g/mol. The molecule has 0 aromatic heterocycles. The number of esters is 1. The maximum Gasteiger partial charge on any atom is 0.311 e. The zero-order valence-electron chi connectivity index (χ0n) is 13.7. The SMILES string of the molecule is CCOC(=O)[C@H]1[C@H](c2cccc(Cl)c2F)[C@]12C(=O)Nc1cc(Cl)ccc12. The lowest BCUT2D eigenvalue weighted by molar-refractivity contribution is -0.146. The number of carbonyl (C=O) groups is 2. The molecule has 1 saturated carbocycles. The van der Waals surface area contributed by atoms with Gasteiger partial charge in [0.1, 0.15) is 5.82 Å². The third kappa shape index (κ3) is 2.20. The van der Waals surface area contributed by atoms with Crippen LogP contribution in [0.1, 0.15) is 24.0 Å². The molecule has 4 rings (SSSR count). The van der Waals surface area contributed by atoms with Gasteiger partial charge in [0.2, 0.25) is 5.91 Å². The van der Waals surface area contributed by atoms with Crippen molar-refractivity contribution in [2.45, 2.75) is 18.3 Å². The van der Waals surface area contributed by atoms with E-state index in [1.807, 2.05) is 0 Å². The first-order valence-electron chi connectivity index (χ1n) is 8.15. The first-order chi connectivity index (χ1) is 12.4. The fraction of sp³-hybridized carbons (Fsp3) is 0.263. The van der Waals surface area contributed by atoms with Crippen molar-refractivity contribution in [1.29, 1.82) is 0 Å². The van der Waals surface area contributed by atoms with Crippen molar-refractivity contribution in [3.8, 4) is 0 Å². The van der Waals surface area contributed by atoms with Crippen LogP contribution < -0.4 is 5.32 Å². The Kier molecular flexibility index (Phi) is 3.97. The minimum absolute atomic E-state index is 0.0538. The van der Waals surface area contributed by atoms with Crippen LogP contribution in [0.4, 0.5) is 10.1 Å². The molecule has 1 amide bonds. The highest BCUT2D eigenvalue weighted by atomic mass is 35.5. The molecule has 1 fully saturated rings. The van der Waals surface area contributed by atoms with Crippen molar-refractivity contribution in [3.05, 3.63) is 63.4 Å². The van der Waals surface area contributed by atoms with E-state index in [-0.39, 0.29) is 23.1 Å². The highest BCUT2D eigenvalue weighted by Gasteiger charge is 2.77. The summed E-state index contributed by atoms with van der Waals surface area (Å²) in [7, 11) is 0. The van der Waals surface area contributed by atoms with Crippen LogP contribution in [0.5, 0.6) is 0 Å². The predicted octanol–water partition coefficient (Wildman–Crippen LogP) is 4.30. The van der Waals surface area contributed by atoms with E-state index < -0.39 is 29.0 Å². The van der Waals surface area contributed by atoms with Crippen LogP contribution in [-0.4, -0.2) is 18.5 Å². The number of rotatable bonds is 3. The number of hydrogen-bond acceptors (Lipinski definition) is 3. The number of anilines is 1. The first-order valence-corrected chi connectivity index (χ1v) is 8.90. The van der Waals surface area contributed by atoms with Crippen LogP contribution in [0, 0.1) is 11.7 Å². The maximum absolute atomic E-state index is 14.7. The van der Waals surface area contributed by atoms with E-state index in [0.29, 0.717) is 16.3 Å². The van der Waals surface area contributed by atoms with E-state index in [9.17, 15) is 14.0 Å². The Labute approximate surface area is 159 Å². The summed E-state index contributed by atoms with van der Waals surface area (Å²) in [5.41, 5.74) is 0.169. The number of amides is 1. The van der Waals surface area contributed by atoms with Crippen molar-refractivity contribution in [2.24, 2.45) is 5.92 Å². The Morgan fingerprint density at radius 1 is 1.31 bits per heavy atom. The van der Waals surface area contributed by atoms with E-state index in [2.05, 4.69) is 5.32 Å². The largest absolute Gasteiger partial charge is 0.466 e. The number of carbonyl (C=O) groups excluding carboxylic acids is 2. The molecule has 7 heteroatoms. The van der Waals surface area contributed by atoms with E-state index in [1.54, 1.807) is 37.3 Å². The molecule has 1 aliphatic heterocycles. The van der Waals surface area contributed by atoms with E-state index >= 15 is 0 Å². The van der Waals surface area contributed by atoms with Crippen molar-refractivity contribution in [1.82, 2.24) is 0 Å². The van der Waals surface area contributed by atoms with Crippen LogP contribution >= 0.6 is 23.2 Å². The van der Waals surface area contributed by atoms with Gasteiger partial charge in [0, 0.05) is 16.6 Å². The summed E-state index contributed by atoms with van der Waals surface area (Å²) in [6.07, 6.45) is 0. The van der Waals surface area contributed by atoms with Crippen LogP contribution in [0.3, 0.4) is 0 Å². The summed E-state index contributed by atoms with van der Waals surface area (Å²) >= 11 is 11.9. The number of benzene rings is 2. The van der Waals surface area contributed by atoms with Gasteiger partial charge in [0.25, 0.3) is 0 Å². The Morgan fingerprint density at radius 2 is 2.08 bits per heavy atom. The molecule has 134 valence electrons. The zero-order valence-corrected chi connectivity index (χ0v) is 15.2. The van der Waals surface area contributed by atoms with Gasteiger partial charge in [-0.3, -0.25) is 9.59 Å². The summed E-state index contributed by atoms with van der Waals surface area (Å²) in [5, 5.41) is 3.17. The zero-order chi connectivity index (χ0) is 18.6. The van der Waals surface area contributed by atoms with Crippen molar-refractivity contribution >= 4 is 40.8 Å². The predicted molar refractivity (Wildman–Crippen MR) is 96.0 cm³/mol. The van der Waals surface area contributed by atoms with Crippen LogP contribution in [0.15, 0.2) is 36.4 Å².